The molecule has 3 nitrogen and oxygen atoms in total. The Hall–Kier alpha value is -1.68. The van der Waals surface area contributed by atoms with Crippen LogP contribution in [0.3, 0.4) is 0 Å². The zero-order chi connectivity index (χ0) is 15.2. The number of halogens is 1. The predicted octanol–water partition coefficient (Wildman–Crippen LogP) is 3.06. The molecular weight excluding hydrogens is 265 g/mol. The largest absolute Gasteiger partial charge is 0.316 e. The fourth-order valence-electron chi connectivity index (χ4n) is 2.55. The molecule has 0 saturated carbocycles. The SMILES string of the molecule is CCNCC(Cc1cc(CC)nn1C)c1ccc(F)cc1. The second kappa shape index (κ2) is 7.36. The Kier molecular flexibility index (Phi) is 5.51. The van der Waals surface area contributed by atoms with Crippen molar-refractivity contribution < 1.29 is 4.39 Å². The molecule has 114 valence electrons. The lowest BCUT2D eigenvalue weighted by Crippen LogP contribution is -2.23. The zero-order valence-corrected chi connectivity index (χ0v) is 13.1. The van der Waals surface area contributed by atoms with Crippen LogP contribution in [0.15, 0.2) is 30.3 Å². The Bertz CT molecular complexity index is 560. The van der Waals surface area contributed by atoms with Crippen LogP contribution in [0.25, 0.3) is 0 Å². The van der Waals surface area contributed by atoms with Crippen molar-refractivity contribution in [1.29, 1.82) is 0 Å². The molecule has 2 aromatic rings. The van der Waals surface area contributed by atoms with E-state index in [0.717, 1.165) is 37.2 Å². The molecule has 0 amide bonds. The number of aromatic nitrogens is 2. The zero-order valence-electron chi connectivity index (χ0n) is 13.1. The van der Waals surface area contributed by atoms with Gasteiger partial charge in [-0.05, 0) is 43.1 Å². The van der Waals surface area contributed by atoms with Gasteiger partial charge < -0.3 is 5.32 Å². The number of benzene rings is 1. The molecule has 0 aliphatic heterocycles. The van der Waals surface area contributed by atoms with E-state index in [0.29, 0.717) is 5.92 Å². The quantitative estimate of drug-likeness (QED) is 0.849. The van der Waals surface area contributed by atoms with Gasteiger partial charge >= 0.3 is 0 Å². The first kappa shape index (κ1) is 15.7. The molecule has 0 saturated heterocycles. The minimum atomic E-state index is -0.185. The van der Waals surface area contributed by atoms with Crippen LogP contribution in [-0.4, -0.2) is 22.9 Å². The molecule has 0 aliphatic carbocycles. The van der Waals surface area contributed by atoms with E-state index in [1.165, 1.54) is 17.8 Å². The van der Waals surface area contributed by atoms with Crippen molar-refractivity contribution in [3.63, 3.8) is 0 Å². The molecule has 4 heteroatoms. The maximum atomic E-state index is 13.1. The Labute approximate surface area is 126 Å². The lowest BCUT2D eigenvalue weighted by Gasteiger charge is -2.18. The number of rotatable bonds is 7. The number of likely N-dealkylation sites (N-methyl/N-ethyl adjacent to an activating group) is 1. The van der Waals surface area contributed by atoms with E-state index >= 15 is 0 Å². The van der Waals surface area contributed by atoms with Crippen LogP contribution in [0.2, 0.25) is 0 Å². The van der Waals surface area contributed by atoms with Gasteiger partial charge in [-0.3, -0.25) is 4.68 Å². The van der Waals surface area contributed by atoms with Crippen LogP contribution in [-0.2, 0) is 19.9 Å². The molecule has 2 rings (SSSR count). The highest BCUT2D eigenvalue weighted by molar-refractivity contribution is 5.23. The first-order chi connectivity index (χ1) is 10.1. The van der Waals surface area contributed by atoms with Crippen LogP contribution in [0.5, 0.6) is 0 Å². The summed E-state index contributed by atoms with van der Waals surface area (Å²) >= 11 is 0. The molecule has 0 aliphatic rings. The molecule has 21 heavy (non-hydrogen) atoms. The van der Waals surface area contributed by atoms with E-state index in [1.54, 1.807) is 0 Å². The van der Waals surface area contributed by atoms with E-state index in [2.05, 4.69) is 30.3 Å². The minimum absolute atomic E-state index is 0.185. The maximum absolute atomic E-state index is 13.1. The fraction of sp³-hybridized carbons (Fsp3) is 0.471. The van der Waals surface area contributed by atoms with E-state index in [-0.39, 0.29) is 5.82 Å². The van der Waals surface area contributed by atoms with Crippen molar-refractivity contribution in [3.8, 4) is 0 Å². The van der Waals surface area contributed by atoms with Crippen molar-refractivity contribution in [3.05, 3.63) is 53.1 Å². The maximum Gasteiger partial charge on any atom is 0.123 e. The van der Waals surface area contributed by atoms with Crippen molar-refractivity contribution in [2.45, 2.75) is 32.6 Å². The highest BCUT2D eigenvalue weighted by Crippen LogP contribution is 2.21. The monoisotopic (exact) mass is 289 g/mol. The number of nitrogens with zero attached hydrogens (tertiary/aromatic N) is 2. The van der Waals surface area contributed by atoms with Crippen LogP contribution in [0.4, 0.5) is 4.39 Å². The highest BCUT2D eigenvalue weighted by atomic mass is 19.1. The number of nitrogens with one attached hydrogen (secondary N) is 1. The smallest absolute Gasteiger partial charge is 0.123 e. The second-order valence-electron chi connectivity index (χ2n) is 5.36. The fourth-order valence-corrected chi connectivity index (χ4v) is 2.55. The Morgan fingerprint density at radius 2 is 1.95 bits per heavy atom. The highest BCUT2D eigenvalue weighted by Gasteiger charge is 2.15. The minimum Gasteiger partial charge on any atom is -0.316 e. The van der Waals surface area contributed by atoms with Crippen molar-refractivity contribution >= 4 is 0 Å². The Morgan fingerprint density at radius 3 is 2.52 bits per heavy atom. The summed E-state index contributed by atoms with van der Waals surface area (Å²) in [4.78, 5) is 0. The van der Waals surface area contributed by atoms with E-state index in [9.17, 15) is 4.39 Å². The molecule has 1 aromatic heterocycles. The first-order valence-electron chi connectivity index (χ1n) is 7.62. The van der Waals surface area contributed by atoms with Crippen molar-refractivity contribution in [2.24, 2.45) is 7.05 Å². The van der Waals surface area contributed by atoms with E-state index in [4.69, 9.17) is 0 Å². The van der Waals surface area contributed by atoms with Crippen molar-refractivity contribution in [2.75, 3.05) is 13.1 Å². The molecule has 1 heterocycles. The van der Waals surface area contributed by atoms with Gasteiger partial charge in [-0.2, -0.15) is 5.10 Å². The second-order valence-corrected chi connectivity index (χ2v) is 5.36. The summed E-state index contributed by atoms with van der Waals surface area (Å²) in [5.41, 5.74) is 3.50. The average Bonchev–Trinajstić information content (AvgIpc) is 2.85. The molecular formula is C17H24FN3. The van der Waals surface area contributed by atoms with Crippen LogP contribution < -0.4 is 5.32 Å². The van der Waals surface area contributed by atoms with Gasteiger partial charge in [0.05, 0.1) is 5.69 Å². The molecule has 1 atom stereocenters. The molecule has 1 unspecified atom stereocenters. The Balaban J connectivity index is 2.19. The van der Waals surface area contributed by atoms with Crippen molar-refractivity contribution in [1.82, 2.24) is 15.1 Å². The lowest BCUT2D eigenvalue weighted by atomic mass is 9.94. The summed E-state index contributed by atoms with van der Waals surface area (Å²) in [5.74, 6) is 0.139. The molecule has 1 aromatic carbocycles. The number of aryl methyl sites for hydroxylation is 2. The standard InChI is InChI=1S/C17H24FN3/c1-4-16-11-17(21(3)20-16)10-14(12-19-5-2)13-6-8-15(18)9-7-13/h6-9,11,14,19H,4-5,10,12H2,1-3H3. The van der Waals surface area contributed by atoms with Gasteiger partial charge in [-0.15, -0.1) is 0 Å². The van der Waals surface area contributed by atoms with Gasteiger partial charge in [-0.1, -0.05) is 26.0 Å². The van der Waals surface area contributed by atoms with Gasteiger partial charge in [0.1, 0.15) is 5.82 Å². The summed E-state index contributed by atoms with van der Waals surface area (Å²) in [6.45, 7) is 6.03. The molecule has 0 bridgehead atoms. The summed E-state index contributed by atoms with van der Waals surface area (Å²) in [6, 6.07) is 9.01. The van der Waals surface area contributed by atoms with Gasteiger partial charge in [0.25, 0.3) is 0 Å². The Morgan fingerprint density at radius 1 is 1.24 bits per heavy atom. The lowest BCUT2D eigenvalue weighted by molar-refractivity contribution is 0.567. The van der Waals surface area contributed by atoms with Crippen LogP contribution in [0.1, 0.15) is 36.7 Å². The first-order valence-corrected chi connectivity index (χ1v) is 7.62. The van der Waals surface area contributed by atoms with E-state index < -0.39 is 0 Å². The van der Waals surface area contributed by atoms with Crippen LogP contribution >= 0.6 is 0 Å². The predicted molar refractivity (Wildman–Crippen MR) is 84.0 cm³/mol. The average molecular weight is 289 g/mol. The summed E-state index contributed by atoms with van der Waals surface area (Å²) < 4.78 is 15.1. The number of hydrogen-bond acceptors (Lipinski definition) is 2. The third kappa shape index (κ3) is 4.14. The van der Waals surface area contributed by atoms with Crippen LogP contribution in [0, 0.1) is 5.82 Å². The third-order valence-electron chi connectivity index (χ3n) is 3.83. The summed E-state index contributed by atoms with van der Waals surface area (Å²) in [5, 5.41) is 7.91. The molecule has 0 spiro atoms. The van der Waals surface area contributed by atoms with Gasteiger partial charge in [-0.25, -0.2) is 4.39 Å². The summed E-state index contributed by atoms with van der Waals surface area (Å²) in [6.07, 6.45) is 1.85. The molecule has 0 radical (unpaired) electrons. The van der Waals surface area contributed by atoms with Gasteiger partial charge in [0.2, 0.25) is 0 Å². The van der Waals surface area contributed by atoms with Gasteiger partial charge in [0.15, 0.2) is 0 Å². The molecule has 1 N–H and O–H groups in total. The molecule has 0 fully saturated rings. The summed E-state index contributed by atoms with van der Waals surface area (Å²) in [7, 11) is 1.99. The van der Waals surface area contributed by atoms with E-state index in [1.807, 2.05) is 23.9 Å². The number of hydrogen-bond donors (Lipinski definition) is 1. The normalized spacial score (nSPS) is 12.6. The third-order valence-corrected chi connectivity index (χ3v) is 3.83. The topological polar surface area (TPSA) is 29.9 Å². The van der Waals surface area contributed by atoms with Gasteiger partial charge in [0, 0.05) is 25.2 Å².